The van der Waals surface area contributed by atoms with Crippen LogP contribution in [0.2, 0.25) is 0 Å². The number of benzene rings is 1. The first kappa shape index (κ1) is 19.1. The Labute approximate surface area is 166 Å². The number of carbonyl (C=O) groups excluding carboxylic acids is 2. The number of amides is 2. The van der Waals surface area contributed by atoms with E-state index in [2.05, 4.69) is 10.3 Å². The molecule has 2 unspecified atom stereocenters. The third-order valence-electron chi connectivity index (χ3n) is 3.96. The van der Waals surface area contributed by atoms with E-state index < -0.39 is 18.0 Å². The number of hydrogen-bond acceptors (Lipinski definition) is 6. The molecule has 0 radical (unpaired) electrons. The van der Waals surface area contributed by atoms with Gasteiger partial charge in [0.25, 0.3) is 0 Å². The van der Waals surface area contributed by atoms with Crippen molar-refractivity contribution in [2.75, 3.05) is 5.75 Å². The average Bonchev–Trinajstić information content (AvgIpc) is 3.12. The molecule has 1 aromatic carbocycles. The van der Waals surface area contributed by atoms with Crippen molar-refractivity contribution in [1.29, 1.82) is 0 Å². The Kier molecular flexibility index (Phi) is 6.25. The van der Waals surface area contributed by atoms with Gasteiger partial charge in [-0.15, -0.1) is 11.8 Å². The normalized spacial score (nSPS) is 18.7. The summed E-state index contributed by atoms with van der Waals surface area (Å²) in [6.45, 7) is 0.119. The number of nitrogens with zero attached hydrogens (tertiary/aromatic N) is 2. The lowest BCUT2D eigenvalue weighted by Crippen LogP contribution is -2.50. The van der Waals surface area contributed by atoms with Gasteiger partial charge in [0.15, 0.2) is 5.11 Å². The summed E-state index contributed by atoms with van der Waals surface area (Å²) in [4.78, 5) is 30.7. The molecule has 0 bridgehead atoms. The maximum absolute atomic E-state index is 12.8. The standard InChI is InChI=1S/C18H18N4O3S2/c19-17(26)21-15(23)14-11-27-16(13-6-8-20-9-7-13)22(14)18(24)25-10-12-4-2-1-3-5-12/h1-9,14,16H,10-11H2,(H3,19,21,23,26). The number of thioether (sulfide) groups is 1. The number of nitrogens with two attached hydrogens (primary N) is 1. The Balaban J connectivity index is 1.79. The monoisotopic (exact) mass is 402 g/mol. The topological polar surface area (TPSA) is 97.5 Å². The zero-order chi connectivity index (χ0) is 19.2. The largest absolute Gasteiger partial charge is 0.444 e. The van der Waals surface area contributed by atoms with E-state index in [1.54, 1.807) is 12.4 Å². The Bertz CT molecular complexity index is 820. The average molecular weight is 403 g/mol. The first-order chi connectivity index (χ1) is 13.1. The molecule has 1 fully saturated rings. The highest BCUT2D eigenvalue weighted by Gasteiger charge is 2.43. The molecule has 2 amide bonds. The molecular weight excluding hydrogens is 384 g/mol. The van der Waals surface area contributed by atoms with E-state index in [0.29, 0.717) is 5.75 Å². The number of pyridine rings is 1. The van der Waals surface area contributed by atoms with Gasteiger partial charge in [-0.05, 0) is 35.5 Å². The third kappa shape index (κ3) is 4.75. The summed E-state index contributed by atoms with van der Waals surface area (Å²) in [5.74, 6) is -0.0229. The lowest BCUT2D eigenvalue weighted by molar-refractivity contribution is -0.123. The van der Waals surface area contributed by atoms with Gasteiger partial charge in [-0.1, -0.05) is 30.3 Å². The van der Waals surface area contributed by atoms with Crippen molar-refractivity contribution in [3.05, 3.63) is 66.0 Å². The van der Waals surface area contributed by atoms with Crippen LogP contribution in [0.4, 0.5) is 4.79 Å². The van der Waals surface area contributed by atoms with Crippen LogP contribution < -0.4 is 11.1 Å². The molecule has 3 N–H and O–H groups in total. The summed E-state index contributed by atoms with van der Waals surface area (Å²) >= 11 is 6.22. The van der Waals surface area contributed by atoms with Crippen LogP contribution in [0.5, 0.6) is 0 Å². The van der Waals surface area contributed by atoms with Crippen LogP contribution in [0, 0.1) is 0 Å². The molecule has 2 aromatic rings. The Morgan fingerprint density at radius 2 is 1.96 bits per heavy atom. The molecule has 1 saturated heterocycles. The molecule has 3 rings (SSSR count). The van der Waals surface area contributed by atoms with E-state index in [-0.39, 0.29) is 17.1 Å². The maximum Gasteiger partial charge on any atom is 0.412 e. The second kappa shape index (κ2) is 8.83. The minimum absolute atomic E-state index is 0.119. The third-order valence-corrected chi connectivity index (χ3v) is 5.38. The molecule has 0 spiro atoms. The highest BCUT2D eigenvalue weighted by Crippen LogP contribution is 2.41. The summed E-state index contributed by atoms with van der Waals surface area (Å²) in [6, 6.07) is 12.2. The van der Waals surface area contributed by atoms with Crippen molar-refractivity contribution < 1.29 is 14.3 Å². The van der Waals surface area contributed by atoms with Gasteiger partial charge in [0.2, 0.25) is 5.91 Å². The SMILES string of the molecule is NC(=S)NC(=O)C1CSC(c2ccncc2)N1C(=O)OCc1ccccc1. The molecule has 1 aliphatic heterocycles. The summed E-state index contributed by atoms with van der Waals surface area (Å²) in [7, 11) is 0. The van der Waals surface area contributed by atoms with Crippen molar-refractivity contribution in [3.8, 4) is 0 Å². The lowest BCUT2D eigenvalue weighted by atomic mass is 10.2. The zero-order valence-corrected chi connectivity index (χ0v) is 15.9. The van der Waals surface area contributed by atoms with Crippen LogP contribution in [0.1, 0.15) is 16.5 Å². The Morgan fingerprint density at radius 3 is 2.63 bits per heavy atom. The fraction of sp³-hybridized carbons (Fsp3) is 0.222. The number of thiocarbonyl (C=S) groups is 1. The van der Waals surface area contributed by atoms with E-state index in [1.807, 2.05) is 42.5 Å². The highest BCUT2D eigenvalue weighted by atomic mass is 32.2. The fourth-order valence-corrected chi connectivity index (χ4v) is 4.24. The zero-order valence-electron chi connectivity index (χ0n) is 14.3. The van der Waals surface area contributed by atoms with Crippen molar-refractivity contribution in [1.82, 2.24) is 15.2 Å². The predicted octanol–water partition coefficient (Wildman–Crippen LogP) is 2.19. The molecular formula is C18H18N4O3S2. The second-order valence-electron chi connectivity index (χ2n) is 5.78. The van der Waals surface area contributed by atoms with Crippen molar-refractivity contribution in [2.24, 2.45) is 5.73 Å². The molecule has 2 heterocycles. The Morgan fingerprint density at radius 1 is 1.26 bits per heavy atom. The smallest absolute Gasteiger partial charge is 0.412 e. The number of nitrogens with one attached hydrogen (secondary N) is 1. The molecule has 27 heavy (non-hydrogen) atoms. The predicted molar refractivity (Wildman–Crippen MR) is 107 cm³/mol. The minimum Gasteiger partial charge on any atom is -0.444 e. The first-order valence-corrected chi connectivity index (χ1v) is 9.63. The Hall–Kier alpha value is -2.65. The van der Waals surface area contributed by atoms with Crippen molar-refractivity contribution in [2.45, 2.75) is 18.0 Å². The molecule has 140 valence electrons. The van der Waals surface area contributed by atoms with Gasteiger partial charge in [0, 0.05) is 18.1 Å². The van der Waals surface area contributed by atoms with Gasteiger partial charge >= 0.3 is 6.09 Å². The van der Waals surface area contributed by atoms with Crippen LogP contribution in [0.3, 0.4) is 0 Å². The van der Waals surface area contributed by atoms with Crippen LogP contribution in [-0.4, -0.2) is 38.8 Å². The molecule has 0 aliphatic carbocycles. The number of aromatic nitrogens is 1. The summed E-state index contributed by atoms with van der Waals surface area (Å²) in [5.41, 5.74) is 7.13. The van der Waals surface area contributed by atoms with Gasteiger partial charge in [-0.2, -0.15) is 0 Å². The quantitative estimate of drug-likeness (QED) is 0.757. The van der Waals surface area contributed by atoms with Gasteiger partial charge in [0.05, 0.1) is 0 Å². The van der Waals surface area contributed by atoms with Crippen molar-refractivity contribution >= 4 is 41.1 Å². The maximum atomic E-state index is 12.8. The van der Waals surface area contributed by atoms with E-state index in [9.17, 15) is 9.59 Å². The second-order valence-corrected chi connectivity index (χ2v) is 7.34. The van der Waals surface area contributed by atoms with E-state index in [1.165, 1.54) is 16.7 Å². The summed E-state index contributed by atoms with van der Waals surface area (Å²) < 4.78 is 5.46. The van der Waals surface area contributed by atoms with E-state index >= 15 is 0 Å². The van der Waals surface area contributed by atoms with Crippen LogP contribution >= 0.6 is 24.0 Å². The molecule has 9 heteroatoms. The number of rotatable bonds is 4. The fourth-order valence-electron chi connectivity index (χ4n) is 2.71. The summed E-state index contributed by atoms with van der Waals surface area (Å²) in [5, 5.41) is 1.92. The van der Waals surface area contributed by atoms with Crippen molar-refractivity contribution in [3.63, 3.8) is 0 Å². The lowest BCUT2D eigenvalue weighted by Gasteiger charge is -2.28. The highest BCUT2D eigenvalue weighted by molar-refractivity contribution is 7.99. The van der Waals surface area contributed by atoms with Crippen LogP contribution in [-0.2, 0) is 16.1 Å². The molecule has 1 aliphatic rings. The van der Waals surface area contributed by atoms with Gasteiger partial charge in [0.1, 0.15) is 18.0 Å². The minimum atomic E-state index is -0.738. The number of hydrogen-bond donors (Lipinski definition) is 2. The molecule has 2 atom stereocenters. The van der Waals surface area contributed by atoms with Gasteiger partial charge in [-0.3, -0.25) is 14.7 Å². The van der Waals surface area contributed by atoms with Crippen LogP contribution in [0.15, 0.2) is 54.9 Å². The van der Waals surface area contributed by atoms with Gasteiger partial charge < -0.3 is 15.8 Å². The van der Waals surface area contributed by atoms with E-state index in [4.69, 9.17) is 22.7 Å². The number of carbonyl (C=O) groups is 2. The molecule has 7 nitrogen and oxygen atoms in total. The van der Waals surface area contributed by atoms with Crippen LogP contribution in [0.25, 0.3) is 0 Å². The first-order valence-electron chi connectivity index (χ1n) is 8.17. The molecule has 0 saturated carbocycles. The van der Waals surface area contributed by atoms with Gasteiger partial charge in [-0.25, -0.2) is 4.79 Å². The van der Waals surface area contributed by atoms with E-state index in [0.717, 1.165) is 11.1 Å². The molecule has 1 aromatic heterocycles. The summed E-state index contributed by atoms with van der Waals surface area (Å²) in [6.07, 6.45) is 2.71. The number of ether oxygens (including phenoxy) is 1.